The van der Waals surface area contributed by atoms with Gasteiger partial charge in [0.15, 0.2) is 5.16 Å². The van der Waals surface area contributed by atoms with Crippen LogP contribution < -0.4 is 10.9 Å². The molecule has 1 fully saturated rings. The van der Waals surface area contributed by atoms with E-state index in [2.05, 4.69) is 19.2 Å². The van der Waals surface area contributed by atoms with Crippen LogP contribution in [0.25, 0.3) is 10.9 Å². The fourth-order valence-electron chi connectivity index (χ4n) is 3.95. The molecule has 1 aliphatic carbocycles. The second-order valence-corrected chi connectivity index (χ2v) is 8.88. The second kappa shape index (κ2) is 8.46. The van der Waals surface area contributed by atoms with Crippen LogP contribution in [0.4, 0.5) is 0 Å². The summed E-state index contributed by atoms with van der Waals surface area (Å²) in [5.41, 5.74) is 0.706. The molecule has 0 spiro atoms. The number of carbonyl (C=O) groups is 1. The van der Waals surface area contributed by atoms with Gasteiger partial charge in [-0.05, 0) is 44.2 Å². The Kier molecular flexibility index (Phi) is 6.25. The first kappa shape index (κ1) is 19.9. The number of hydrogen-bond donors (Lipinski definition) is 1. The van der Waals surface area contributed by atoms with Crippen LogP contribution in [0.5, 0.6) is 0 Å². The number of hydrogen-bond acceptors (Lipinski definition) is 4. The lowest BCUT2D eigenvalue weighted by atomic mass is 9.78. The standard InChI is InChI=1S/C21H29N3O2S/c1-5-22-19(25)15(4)27-21-23-17-11-7-6-10-16(17)20(26)24(21)18-12-8-9-13(2)14(18)3/h6-7,10-11,13-15,18H,5,8-9,12H2,1-4H3,(H,22,25). The van der Waals surface area contributed by atoms with Crippen molar-refractivity contribution in [3.05, 3.63) is 34.6 Å². The van der Waals surface area contributed by atoms with Gasteiger partial charge < -0.3 is 5.32 Å². The minimum absolute atomic E-state index is 0.0112. The third-order valence-electron chi connectivity index (χ3n) is 5.77. The Balaban J connectivity index is 2.10. The first-order valence-corrected chi connectivity index (χ1v) is 10.8. The van der Waals surface area contributed by atoms with E-state index in [4.69, 9.17) is 4.98 Å². The molecule has 4 unspecified atom stereocenters. The summed E-state index contributed by atoms with van der Waals surface area (Å²) in [5, 5.41) is 3.86. The van der Waals surface area contributed by atoms with Crippen molar-refractivity contribution in [1.82, 2.24) is 14.9 Å². The monoisotopic (exact) mass is 387 g/mol. The Labute approximate surface area is 164 Å². The number of nitrogens with one attached hydrogen (secondary N) is 1. The van der Waals surface area contributed by atoms with Gasteiger partial charge in [-0.3, -0.25) is 14.2 Å². The van der Waals surface area contributed by atoms with Gasteiger partial charge in [0.05, 0.1) is 16.2 Å². The predicted octanol–water partition coefficient (Wildman–Crippen LogP) is 4.01. The molecule has 5 nitrogen and oxygen atoms in total. The molecular formula is C21H29N3O2S. The zero-order valence-corrected chi connectivity index (χ0v) is 17.4. The molecule has 1 N–H and O–H groups in total. The molecular weight excluding hydrogens is 358 g/mol. The van der Waals surface area contributed by atoms with Crippen molar-refractivity contribution in [3.63, 3.8) is 0 Å². The third kappa shape index (κ3) is 4.05. The number of aromatic nitrogens is 2. The van der Waals surface area contributed by atoms with E-state index >= 15 is 0 Å². The van der Waals surface area contributed by atoms with Crippen molar-refractivity contribution < 1.29 is 4.79 Å². The summed E-state index contributed by atoms with van der Waals surface area (Å²) >= 11 is 1.38. The largest absolute Gasteiger partial charge is 0.355 e. The lowest BCUT2D eigenvalue weighted by molar-refractivity contribution is -0.120. The molecule has 27 heavy (non-hydrogen) atoms. The molecule has 0 bridgehead atoms. The molecule has 1 aromatic heterocycles. The summed E-state index contributed by atoms with van der Waals surface area (Å²) in [5.74, 6) is 0.945. The molecule has 3 rings (SSSR count). The maximum Gasteiger partial charge on any atom is 0.262 e. The Morgan fingerprint density at radius 1 is 1.33 bits per heavy atom. The molecule has 1 heterocycles. The highest BCUT2D eigenvalue weighted by Crippen LogP contribution is 2.39. The van der Waals surface area contributed by atoms with Gasteiger partial charge in [-0.2, -0.15) is 0 Å². The molecule has 1 amide bonds. The van der Waals surface area contributed by atoms with Gasteiger partial charge in [0.1, 0.15) is 0 Å². The minimum Gasteiger partial charge on any atom is -0.355 e. The number of benzene rings is 1. The quantitative estimate of drug-likeness (QED) is 0.622. The highest BCUT2D eigenvalue weighted by Gasteiger charge is 2.32. The van der Waals surface area contributed by atoms with Crippen molar-refractivity contribution in [3.8, 4) is 0 Å². The lowest BCUT2D eigenvalue weighted by Gasteiger charge is -2.36. The molecule has 2 aromatic rings. The Bertz CT molecular complexity index is 879. The van der Waals surface area contributed by atoms with Crippen LogP contribution in [-0.4, -0.2) is 27.3 Å². The van der Waals surface area contributed by atoms with Gasteiger partial charge in [-0.15, -0.1) is 0 Å². The average Bonchev–Trinajstić information content (AvgIpc) is 2.65. The molecule has 4 atom stereocenters. The van der Waals surface area contributed by atoms with Crippen LogP contribution in [0.2, 0.25) is 0 Å². The molecule has 146 valence electrons. The highest BCUT2D eigenvalue weighted by molar-refractivity contribution is 8.00. The van der Waals surface area contributed by atoms with Gasteiger partial charge in [0.2, 0.25) is 5.91 Å². The molecule has 1 aliphatic rings. The van der Waals surface area contributed by atoms with Crippen molar-refractivity contribution in [1.29, 1.82) is 0 Å². The average molecular weight is 388 g/mol. The lowest BCUT2D eigenvalue weighted by Crippen LogP contribution is -2.36. The van der Waals surface area contributed by atoms with Gasteiger partial charge in [-0.25, -0.2) is 4.98 Å². The van der Waals surface area contributed by atoms with E-state index in [9.17, 15) is 9.59 Å². The Morgan fingerprint density at radius 3 is 2.81 bits per heavy atom. The first-order valence-electron chi connectivity index (χ1n) is 9.89. The topological polar surface area (TPSA) is 64.0 Å². The van der Waals surface area contributed by atoms with E-state index in [-0.39, 0.29) is 22.8 Å². The van der Waals surface area contributed by atoms with Gasteiger partial charge in [0, 0.05) is 12.6 Å². The van der Waals surface area contributed by atoms with Gasteiger partial charge in [-0.1, -0.05) is 50.6 Å². The fourth-order valence-corrected chi connectivity index (χ4v) is 4.94. The van der Waals surface area contributed by atoms with Crippen LogP contribution in [0.1, 0.15) is 53.0 Å². The molecule has 1 aromatic carbocycles. The zero-order valence-electron chi connectivity index (χ0n) is 16.6. The number of rotatable bonds is 5. The van der Waals surface area contributed by atoms with E-state index in [1.54, 1.807) is 0 Å². The van der Waals surface area contributed by atoms with Crippen LogP contribution in [0.3, 0.4) is 0 Å². The smallest absolute Gasteiger partial charge is 0.262 e. The number of fused-ring (bicyclic) bond motifs is 1. The van der Waals surface area contributed by atoms with Crippen LogP contribution in [0, 0.1) is 11.8 Å². The van der Waals surface area contributed by atoms with Crippen molar-refractivity contribution in [2.75, 3.05) is 6.54 Å². The predicted molar refractivity (Wildman–Crippen MR) is 111 cm³/mol. The van der Waals surface area contributed by atoms with Gasteiger partial charge in [0.25, 0.3) is 5.56 Å². The van der Waals surface area contributed by atoms with E-state index in [0.29, 0.717) is 34.4 Å². The van der Waals surface area contributed by atoms with Crippen LogP contribution >= 0.6 is 11.8 Å². The van der Waals surface area contributed by atoms with Crippen LogP contribution in [0.15, 0.2) is 34.2 Å². The number of para-hydroxylation sites is 1. The van der Waals surface area contributed by atoms with Gasteiger partial charge >= 0.3 is 0 Å². The normalized spacial score (nSPS) is 23.9. The second-order valence-electron chi connectivity index (χ2n) is 7.58. The summed E-state index contributed by atoms with van der Waals surface area (Å²) in [6.45, 7) is 8.87. The zero-order chi connectivity index (χ0) is 19.6. The molecule has 0 radical (unpaired) electrons. The maximum absolute atomic E-state index is 13.4. The Hall–Kier alpha value is -1.82. The van der Waals surface area contributed by atoms with Crippen molar-refractivity contribution in [2.45, 2.75) is 63.4 Å². The SMILES string of the molecule is CCNC(=O)C(C)Sc1nc2ccccc2c(=O)n1C1CCCC(C)C1C. The number of thioether (sulfide) groups is 1. The molecule has 1 saturated carbocycles. The Morgan fingerprint density at radius 2 is 2.07 bits per heavy atom. The van der Waals surface area contributed by atoms with E-state index in [1.165, 1.54) is 18.2 Å². The summed E-state index contributed by atoms with van der Waals surface area (Å²) in [7, 11) is 0. The number of amides is 1. The first-order chi connectivity index (χ1) is 12.9. The highest BCUT2D eigenvalue weighted by atomic mass is 32.2. The van der Waals surface area contributed by atoms with E-state index in [1.807, 2.05) is 42.7 Å². The van der Waals surface area contributed by atoms with E-state index in [0.717, 1.165) is 12.8 Å². The molecule has 6 heteroatoms. The molecule has 0 saturated heterocycles. The number of nitrogens with zero attached hydrogens (tertiary/aromatic N) is 2. The number of carbonyl (C=O) groups excluding carboxylic acids is 1. The van der Waals surface area contributed by atoms with E-state index < -0.39 is 0 Å². The summed E-state index contributed by atoms with van der Waals surface area (Å²) in [4.78, 5) is 30.4. The maximum atomic E-state index is 13.4. The third-order valence-corrected chi connectivity index (χ3v) is 6.84. The minimum atomic E-state index is -0.305. The summed E-state index contributed by atoms with van der Waals surface area (Å²) < 4.78 is 1.88. The van der Waals surface area contributed by atoms with Crippen LogP contribution in [-0.2, 0) is 4.79 Å². The van der Waals surface area contributed by atoms with Crippen molar-refractivity contribution >= 4 is 28.6 Å². The fraction of sp³-hybridized carbons (Fsp3) is 0.571. The summed E-state index contributed by atoms with van der Waals surface area (Å²) in [6, 6.07) is 7.62. The summed E-state index contributed by atoms with van der Waals surface area (Å²) in [6.07, 6.45) is 3.30. The molecule has 0 aliphatic heterocycles. The van der Waals surface area contributed by atoms with Crippen molar-refractivity contribution in [2.24, 2.45) is 11.8 Å².